The number of aliphatic carboxylic acids is 2. The second kappa shape index (κ2) is 25.2. The summed E-state index contributed by atoms with van der Waals surface area (Å²) in [7, 11) is 0. The molecule has 0 aromatic rings. The van der Waals surface area contributed by atoms with Crippen LogP contribution in [0.4, 0.5) is 0 Å². The van der Waals surface area contributed by atoms with Crippen LogP contribution >= 0.6 is 0 Å². The van der Waals surface area contributed by atoms with Crippen molar-refractivity contribution in [3.05, 3.63) is 0 Å². The number of unbranched alkanes of at least 4 members (excludes halogenated alkanes) is 15. The van der Waals surface area contributed by atoms with Gasteiger partial charge in [-0.1, -0.05) is 103 Å². The molecule has 0 aliphatic rings. The van der Waals surface area contributed by atoms with Crippen molar-refractivity contribution in [3.8, 4) is 0 Å². The van der Waals surface area contributed by atoms with Gasteiger partial charge < -0.3 is 19.9 Å². The van der Waals surface area contributed by atoms with Gasteiger partial charge >= 0.3 is 35.5 Å². The van der Waals surface area contributed by atoms with Gasteiger partial charge in [0.1, 0.15) is 0 Å². The van der Waals surface area contributed by atoms with Gasteiger partial charge in [-0.15, -0.1) is 0 Å². The minimum Gasteiger partial charge on any atom is -0.550 e. The molecule has 0 unspecified atom stereocenters. The van der Waals surface area contributed by atoms with E-state index in [2.05, 4.69) is 6.92 Å². The van der Waals surface area contributed by atoms with Gasteiger partial charge in [-0.3, -0.25) is 4.79 Å². The Bertz CT molecular complexity index is 375. The first-order chi connectivity index (χ1) is 14.1. The zero-order valence-corrected chi connectivity index (χ0v) is 22.0. The predicted octanol–water partition coefficient (Wildman–Crippen LogP) is 2.17. The van der Waals surface area contributed by atoms with Crippen LogP contribution in [0.2, 0.25) is 0 Å². The molecule has 1 N–H and O–H groups in total. The number of carbonyl (C=O) groups excluding carboxylic acids is 1. The van der Waals surface area contributed by atoms with E-state index in [1.54, 1.807) is 0 Å². The van der Waals surface area contributed by atoms with E-state index in [1.165, 1.54) is 89.9 Å². The van der Waals surface area contributed by atoms with Crippen LogP contribution in [0.5, 0.6) is 0 Å². The van der Waals surface area contributed by atoms with Crippen molar-refractivity contribution < 1.29 is 49.4 Å². The second-order valence-electron chi connectivity index (χ2n) is 8.41. The van der Waals surface area contributed by atoms with E-state index >= 15 is 0 Å². The van der Waals surface area contributed by atoms with Crippen molar-refractivity contribution in [1.82, 2.24) is 4.90 Å². The van der Waals surface area contributed by atoms with E-state index in [1.807, 2.05) is 4.90 Å². The average Bonchev–Trinajstić information content (AvgIpc) is 2.68. The van der Waals surface area contributed by atoms with Gasteiger partial charge in [0, 0.05) is 19.1 Å². The first-order valence-electron chi connectivity index (χ1n) is 12.2. The van der Waals surface area contributed by atoms with Gasteiger partial charge in [-0.2, -0.15) is 0 Å². The summed E-state index contributed by atoms with van der Waals surface area (Å²) in [6.45, 7) is 3.84. The summed E-state index contributed by atoms with van der Waals surface area (Å²) in [6, 6.07) is 0. The molecule has 0 fully saturated rings. The topological polar surface area (TPSA) is 80.7 Å². The SMILES string of the molecule is CCCCCCCCCCCCCCCCCCN(CCC(=O)[O-])CCC(=O)O.[Na+]. The molecule has 0 bridgehead atoms. The summed E-state index contributed by atoms with van der Waals surface area (Å²) in [4.78, 5) is 23.3. The predicted molar refractivity (Wildman–Crippen MR) is 118 cm³/mol. The average molecular weight is 436 g/mol. The van der Waals surface area contributed by atoms with Crippen molar-refractivity contribution in [3.63, 3.8) is 0 Å². The molecule has 0 heterocycles. The molecule has 0 rings (SSSR count). The second-order valence-corrected chi connectivity index (χ2v) is 8.41. The number of nitrogens with zero attached hydrogens (tertiary/aromatic N) is 1. The van der Waals surface area contributed by atoms with E-state index in [0.29, 0.717) is 13.1 Å². The molecule has 0 saturated heterocycles. The van der Waals surface area contributed by atoms with Gasteiger partial charge in [-0.05, 0) is 19.4 Å². The molecule has 172 valence electrons. The summed E-state index contributed by atoms with van der Waals surface area (Å²) >= 11 is 0. The van der Waals surface area contributed by atoms with E-state index in [-0.39, 0.29) is 42.4 Å². The minimum atomic E-state index is -1.07. The number of carboxylic acid groups (broad SMARTS) is 2. The van der Waals surface area contributed by atoms with Crippen LogP contribution in [-0.4, -0.2) is 41.6 Å². The Hall–Kier alpha value is -0.100. The first-order valence-corrected chi connectivity index (χ1v) is 12.2. The summed E-state index contributed by atoms with van der Waals surface area (Å²) in [5.74, 6) is -1.91. The molecule has 0 atom stereocenters. The van der Waals surface area contributed by atoms with Crippen LogP contribution in [-0.2, 0) is 9.59 Å². The van der Waals surface area contributed by atoms with Gasteiger partial charge in [0.05, 0.1) is 6.42 Å². The number of hydrogen-bond acceptors (Lipinski definition) is 4. The molecular formula is C24H46NNaO4. The Labute approximate surface area is 207 Å². The van der Waals surface area contributed by atoms with Crippen LogP contribution < -0.4 is 34.7 Å². The van der Waals surface area contributed by atoms with Crippen molar-refractivity contribution in [2.24, 2.45) is 0 Å². The number of carbonyl (C=O) groups is 2. The van der Waals surface area contributed by atoms with Gasteiger partial charge in [0.25, 0.3) is 0 Å². The maximum atomic E-state index is 10.7. The van der Waals surface area contributed by atoms with Gasteiger partial charge in [0.2, 0.25) is 0 Å². The molecule has 0 aliphatic heterocycles. The first kappa shape index (κ1) is 32.1. The standard InChI is InChI=1S/C24H47NO4.Na/c1-2-3-4-5-6-7-8-9-10-11-12-13-14-15-16-17-20-25(21-18-23(26)27)22-19-24(28)29;/h2-22H2,1H3,(H,26,27)(H,28,29);/q;+1/p-1. The number of hydrogen-bond donors (Lipinski definition) is 1. The fraction of sp³-hybridized carbons (Fsp3) is 0.917. The van der Waals surface area contributed by atoms with Gasteiger partial charge in [0.15, 0.2) is 0 Å². The molecule has 0 saturated carbocycles. The molecule has 6 heteroatoms. The normalized spacial score (nSPS) is 10.9. The van der Waals surface area contributed by atoms with E-state index in [4.69, 9.17) is 5.11 Å². The summed E-state index contributed by atoms with van der Waals surface area (Å²) < 4.78 is 0. The summed E-state index contributed by atoms with van der Waals surface area (Å²) in [5, 5.41) is 19.4. The molecule has 0 aromatic heterocycles. The van der Waals surface area contributed by atoms with Crippen molar-refractivity contribution >= 4 is 11.9 Å². The minimum absolute atomic E-state index is 0. The zero-order chi connectivity index (χ0) is 21.6. The van der Waals surface area contributed by atoms with Crippen LogP contribution in [0.15, 0.2) is 0 Å². The maximum absolute atomic E-state index is 10.7. The fourth-order valence-corrected chi connectivity index (χ4v) is 3.72. The van der Waals surface area contributed by atoms with Crippen LogP contribution in [0.3, 0.4) is 0 Å². The Morgan fingerprint density at radius 3 is 1.37 bits per heavy atom. The zero-order valence-electron chi connectivity index (χ0n) is 20.0. The molecule has 30 heavy (non-hydrogen) atoms. The summed E-state index contributed by atoms with van der Waals surface area (Å²) in [5.41, 5.74) is 0. The third-order valence-electron chi connectivity index (χ3n) is 5.60. The third-order valence-corrected chi connectivity index (χ3v) is 5.60. The van der Waals surface area contributed by atoms with Crippen LogP contribution in [0.25, 0.3) is 0 Å². The largest absolute Gasteiger partial charge is 1.00 e. The Morgan fingerprint density at radius 1 is 0.633 bits per heavy atom. The smallest absolute Gasteiger partial charge is 0.550 e. The quantitative estimate of drug-likeness (QED) is 0.197. The third kappa shape index (κ3) is 25.9. The van der Waals surface area contributed by atoms with Crippen molar-refractivity contribution in [2.75, 3.05) is 19.6 Å². The van der Waals surface area contributed by atoms with Crippen molar-refractivity contribution in [1.29, 1.82) is 0 Å². The maximum Gasteiger partial charge on any atom is 1.00 e. The fourth-order valence-electron chi connectivity index (χ4n) is 3.72. The molecular weight excluding hydrogens is 389 g/mol. The van der Waals surface area contributed by atoms with Crippen LogP contribution in [0, 0.1) is 0 Å². The molecule has 0 aliphatic carbocycles. The molecule has 0 aromatic carbocycles. The number of carboxylic acids is 2. The molecule has 0 spiro atoms. The monoisotopic (exact) mass is 435 g/mol. The van der Waals surface area contributed by atoms with E-state index < -0.39 is 11.9 Å². The van der Waals surface area contributed by atoms with Crippen molar-refractivity contribution in [2.45, 2.75) is 122 Å². The van der Waals surface area contributed by atoms with E-state index in [9.17, 15) is 14.7 Å². The van der Waals surface area contributed by atoms with E-state index in [0.717, 1.165) is 19.4 Å². The summed E-state index contributed by atoms with van der Waals surface area (Å²) in [6.07, 6.45) is 21.2. The molecule has 0 radical (unpaired) electrons. The Kier molecular flexibility index (Phi) is 26.9. The molecule has 0 amide bonds. The van der Waals surface area contributed by atoms with Crippen LogP contribution in [0.1, 0.15) is 122 Å². The Morgan fingerprint density at radius 2 is 1.00 bits per heavy atom. The molecule has 5 nitrogen and oxygen atoms in total. The number of rotatable bonds is 23. The Balaban J connectivity index is 0. The van der Waals surface area contributed by atoms with Gasteiger partial charge in [-0.25, -0.2) is 0 Å².